The molecule has 2 aliphatic heterocycles. The first-order chi connectivity index (χ1) is 14.5. The molecule has 0 aromatic heterocycles. The van der Waals surface area contributed by atoms with Crippen molar-refractivity contribution < 1.29 is 0 Å². The van der Waals surface area contributed by atoms with E-state index in [1.807, 2.05) is 37.3 Å². The van der Waals surface area contributed by atoms with Crippen LogP contribution in [0.15, 0.2) is 60.4 Å². The zero-order valence-corrected chi connectivity index (χ0v) is 17.6. The van der Waals surface area contributed by atoms with Gasteiger partial charge in [0.15, 0.2) is 0 Å². The van der Waals surface area contributed by atoms with E-state index >= 15 is 0 Å². The highest BCUT2D eigenvalue weighted by atomic mass is 15.3. The molecule has 6 heteroatoms. The molecule has 0 bridgehead atoms. The number of nitrogens with zero attached hydrogens (tertiary/aromatic N) is 2. The van der Waals surface area contributed by atoms with Gasteiger partial charge in [-0.2, -0.15) is 0 Å². The quantitative estimate of drug-likeness (QED) is 0.566. The standard InChI is InChI=1S/C24H32N6/c1-17-4-2-3-5-21(17)23(25)14-22(24(26)27)18-6-8-19(9-7-18)29-10-12-30(13-11-29)20-15-28-16-20/h2-9,14,20,28H,10-13,15-16,25-27H2,1H3/b23-14-. The lowest BCUT2D eigenvalue weighted by molar-refractivity contribution is 0.138. The number of piperazine rings is 1. The molecule has 2 saturated heterocycles. The van der Waals surface area contributed by atoms with Crippen LogP contribution in [0, 0.1) is 6.92 Å². The van der Waals surface area contributed by atoms with E-state index in [1.54, 1.807) is 0 Å². The number of rotatable bonds is 5. The Bertz CT molecular complexity index is 930. The third-order valence-corrected chi connectivity index (χ3v) is 6.20. The summed E-state index contributed by atoms with van der Waals surface area (Å²) in [6.45, 7) is 8.64. The second-order valence-electron chi connectivity index (χ2n) is 8.17. The lowest BCUT2D eigenvalue weighted by Gasteiger charge is -2.43. The van der Waals surface area contributed by atoms with E-state index in [4.69, 9.17) is 17.2 Å². The molecule has 0 atom stereocenters. The van der Waals surface area contributed by atoms with Crippen molar-refractivity contribution in [2.75, 3.05) is 44.2 Å². The lowest BCUT2D eigenvalue weighted by atomic mass is 10.00. The van der Waals surface area contributed by atoms with Crippen LogP contribution in [0.25, 0.3) is 11.3 Å². The van der Waals surface area contributed by atoms with Gasteiger partial charge in [0.25, 0.3) is 0 Å². The van der Waals surface area contributed by atoms with E-state index in [0.29, 0.717) is 5.70 Å². The van der Waals surface area contributed by atoms with Crippen molar-refractivity contribution in [3.63, 3.8) is 0 Å². The first kappa shape index (κ1) is 20.3. The van der Waals surface area contributed by atoms with Crippen molar-refractivity contribution >= 4 is 17.0 Å². The molecule has 0 amide bonds. The SMILES string of the molecule is Cc1ccccc1/C(N)=C/C(=C(N)N)c1ccc(N2CCN(C3CNC3)CC2)cc1. The third kappa shape index (κ3) is 4.30. The van der Waals surface area contributed by atoms with Crippen LogP contribution in [0.1, 0.15) is 16.7 Å². The van der Waals surface area contributed by atoms with Crippen molar-refractivity contribution in [1.29, 1.82) is 0 Å². The van der Waals surface area contributed by atoms with E-state index in [0.717, 1.165) is 67.6 Å². The molecule has 6 nitrogen and oxygen atoms in total. The van der Waals surface area contributed by atoms with Crippen LogP contribution < -0.4 is 27.4 Å². The number of hydrogen-bond acceptors (Lipinski definition) is 6. The Labute approximate surface area is 179 Å². The summed E-state index contributed by atoms with van der Waals surface area (Å²) in [6, 6.07) is 17.2. The minimum atomic E-state index is 0.266. The van der Waals surface area contributed by atoms with Crippen molar-refractivity contribution in [2.24, 2.45) is 17.2 Å². The maximum absolute atomic E-state index is 6.37. The fraction of sp³-hybridized carbons (Fsp3) is 0.333. The Morgan fingerprint density at radius 1 is 0.933 bits per heavy atom. The predicted octanol–water partition coefficient (Wildman–Crippen LogP) is 1.67. The van der Waals surface area contributed by atoms with Crippen LogP contribution in [-0.2, 0) is 0 Å². The monoisotopic (exact) mass is 404 g/mol. The topological polar surface area (TPSA) is 96.6 Å². The summed E-state index contributed by atoms with van der Waals surface area (Å²) in [6.07, 6.45) is 1.87. The summed E-state index contributed by atoms with van der Waals surface area (Å²) in [5, 5.41) is 3.36. The van der Waals surface area contributed by atoms with Crippen LogP contribution in [0.3, 0.4) is 0 Å². The minimum absolute atomic E-state index is 0.266. The number of benzene rings is 2. The minimum Gasteiger partial charge on any atom is -0.398 e. The molecular formula is C24H32N6. The zero-order valence-electron chi connectivity index (χ0n) is 17.6. The number of hydrogen-bond donors (Lipinski definition) is 4. The molecule has 4 rings (SSSR count). The summed E-state index contributed by atoms with van der Waals surface area (Å²) >= 11 is 0. The summed E-state index contributed by atoms with van der Waals surface area (Å²) in [7, 11) is 0. The highest BCUT2D eigenvalue weighted by Crippen LogP contribution is 2.25. The number of nitrogens with two attached hydrogens (primary N) is 3. The molecule has 0 saturated carbocycles. The maximum Gasteiger partial charge on any atom is 0.101 e. The van der Waals surface area contributed by atoms with Crippen molar-refractivity contribution in [1.82, 2.24) is 10.2 Å². The summed E-state index contributed by atoms with van der Waals surface area (Å²) in [5.41, 5.74) is 24.1. The predicted molar refractivity (Wildman–Crippen MR) is 126 cm³/mol. The van der Waals surface area contributed by atoms with E-state index < -0.39 is 0 Å². The van der Waals surface area contributed by atoms with Crippen LogP contribution in [0.5, 0.6) is 0 Å². The Hall–Kier alpha value is -2.96. The van der Waals surface area contributed by atoms with Gasteiger partial charge in [0, 0.05) is 67.8 Å². The van der Waals surface area contributed by atoms with E-state index in [1.165, 1.54) is 5.69 Å². The lowest BCUT2D eigenvalue weighted by Crippen LogP contribution is -2.61. The largest absolute Gasteiger partial charge is 0.398 e. The normalized spacial score (nSPS) is 18.2. The Kier molecular flexibility index (Phi) is 5.97. The van der Waals surface area contributed by atoms with Gasteiger partial charge in [-0.25, -0.2) is 0 Å². The molecule has 0 aliphatic carbocycles. The maximum atomic E-state index is 6.37. The van der Waals surface area contributed by atoms with Gasteiger partial charge in [-0.05, 0) is 36.3 Å². The van der Waals surface area contributed by atoms with Gasteiger partial charge in [-0.15, -0.1) is 0 Å². The van der Waals surface area contributed by atoms with E-state index in [9.17, 15) is 0 Å². The number of anilines is 1. The molecule has 7 N–H and O–H groups in total. The Balaban J connectivity index is 1.48. The molecule has 158 valence electrons. The molecular weight excluding hydrogens is 372 g/mol. The second-order valence-corrected chi connectivity index (χ2v) is 8.17. The second kappa shape index (κ2) is 8.81. The van der Waals surface area contributed by atoms with Gasteiger partial charge >= 0.3 is 0 Å². The van der Waals surface area contributed by atoms with E-state index in [-0.39, 0.29) is 5.82 Å². The highest BCUT2D eigenvalue weighted by Gasteiger charge is 2.27. The first-order valence-electron chi connectivity index (χ1n) is 10.6. The smallest absolute Gasteiger partial charge is 0.101 e. The average molecular weight is 405 g/mol. The molecule has 2 fully saturated rings. The summed E-state index contributed by atoms with van der Waals surface area (Å²) in [4.78, 5) is 5.04. The number of aryl methyl sites for hydroxylation is 1. The Morgan fingerprint density at radius 3 is 2.17 bits per heavy atom. The van der Waals surface area contributed by atoms with Gasteiger partial charge in [0.1, 0.15) is 5.82 Å². The fourth-order valence-electron chi connectivity index (χ4n) is 4.19. The van der Waals surface area contributed by atoms with Gasteiger partial charge in [-0.1, -0.05) is 36.4 Å². The molecule has 2 aliphatic rings. The van der Waals surface area contributed by atoms with Crippen molar-refractivity contribution in [3.8, 4) is 0 Å². The van der Waals surface area contributed by atoms with E-state index in [2.05, 4.69) is 39.4 Å². The van der Waals surface area contributed by atoms with Crippen molar-refractivity contribution in [3.05, 3.63) is 77.1 Å². The number of allylic oxidation sites excluding steroid dienone is 2. The molecule has 0 spiro atoms. The third-order valence-electron chi connectivity index (χ3n) is 6.20. The van der Waals surface area contributed by atoms with Gasteiger partial charge in [0.2, 0.25) is 0 Å². The summed E-state index contributed by atoms with van der Waals surface area (Å²) in [5.74, 6) is 0.266. The van der Waals surface area contributed by atoms with Crippen LogP contribution in [-0.4, -0.2) is 50.2 Å². The van der Waals surface area contributed by atoms with Gasteiger partial charge < -0.3 is 27.4 Å². The van der Waals surface area contributed by atoms with Crippen LogP contribution >= 0.6 is 0 Å². The average Bonchev–Trinajstić information content (AvgIpc) is 2.71. The fourth-order valence-corrected chi connectivity index (χ4v) is 4.19. The molecule has 30 heavy (non-hydrogen) atoms. The highest BCUT2D eigenvalue weighted by molar-refractivity contribution is 5.85. The molecule has 2 aromatic rings. The molecule has 2 heterocycles. The van der Waals surface area contributed by atoms with Crippen LogP contribution in [0.4, 0.5) is 5.69 Å². The molecule has 2 aromatic carbocycles. The Morgan fingerprint density at radius 2 is 1.60 bits per heavy atom. The zero-order chi connectivity index (χ0) is 21.1. The molecule has 0 radical (unpaired) electrons. The summed E-state index contributed by atoms with van der Waals surface area (Å²) < 4.78 is 0. The van der Waals surface area contributed by atoms with Gasteiger partial charge in [0.05, 0.1) is 0 Å². The molecule has 0 unspecified atom stereocenters. The van der Waals surface area contributed by atoms with Crippen LogP contribution in [0.2, 0.25) is 0 Å². The van der Waals surface area contributed by atoms with Gasteiger partial charge in [-0.3, -0.25) is 4.90 Å². The first-order valence-corrected chi connectivity index (χ1v) is 10.6. The number of nitrogens with one attached hydrogen (secondary N) is 1. The van der Waals surface area contributed by atoms with Crippen molar-refractivity contribution in [2.45, 2.75) is 13.0 Å².